The van der Waals surface area contributed by atoms with Crippen molar-refractivity contribution < 1.29 is 14.6 Å². The fourth-order valence-electron chi connectivity index (χ4n) is 2.37. The zero-order chi connectivity index (χ0) is 16.4. The molecular formula is C17H15N3O3. The maximum absolute atomic E-state index is 12.1. The Morgan fingerprint density at radius 2 is 2.00 bits per heavy atom. The molecule has 6 heteroatoms. The maximum Gasteiger partial charge on any atom is 0.295 e. The highest BCUT2D eigenvalue weighted by atomic mass is 16.5. The highest BCUT2D eigenvalue weighted by Crippen LogP contribution is 2.39. The quantitative estimate of drug-likeness (QED) is 0.713. The number of aromatic nitrogens is 1. The minimum Gasteiger partial charge on any atom is -0.495 e. The number of hydrogen-bond acceptors (Lipinski definition) is 4. The summed E-state index contributed by atoms with van der Waals surface area (Å²) in [5.41, 5.74) is 2.22. The highest BCUT2D eigenvalue weighted by molar-refractivity contribution is 5.99. The molecule has 116 valence electrons. The molecule has 0 atom stereocenters. The molecule has 0 bridgehead atoms. The van der Waals surface area contributed by atoms with Gasteiger partial charge in [0.15, 0.2) is 5.69 Å². The number of aryl methyl sites for hydroxylation is 1. The summed E-state index contributed by atoms with van der Waals surface area (Å²) in [5, 5.41) is 18.3. The first kappa shape index (κ1) is 14.8. The number of nitrogens with zero attached hydrogens (tertiary/aromatic N) is 2. The molecule has 0 aliphatic heterocycles. The van der Waals surface area contributed by atoms with Crippen LogP contribution in [0.15, 0.2) is 52.7 Å². The van der Waals surface area contributed by atoms with Crippen LogP contribution in [-0.2, 0) is 0 Å². The number of azo groups is 1. The topological polar surface area (TPSA) is 87.0 Å². The Hall–Kier alpha value is -3.15. The van der Waals surface area contributed by atoms with E-state index in [0.29, 0.717) is 22.2 Å². The number of aromatic hydroxyl groups is 1. The smallest absolute Gasteiger partial charge is 0.295 e. The van der Waals surface area contributed by atoms with Crippen LogP contribution in [0.25, 0.3) is 10.9 Å². The van der Waals surface area contributed by atoms with Gasteiger partial charge in [-0.05, 0) is 25.1 Å². The summed E-state index contributed by atoms with van der Waals surface area (Å²) in [6.07, 6.45) is 0. The van der Waals surface area contributed by atoms with Crippen molar-refractivity contribution in [1.29, 1.82) is 0 Å². The number of amides is 1. The second kappa shape index (κ2) is 5.92. The van der Waals surface area contributed by atoms with E-state index >= 15 is 0 Å². The number of H-pyrrole nitrogens is 1. The summed E-state index contributed by atoms with van der Waals surface area (Å²) in [6, 6.07) is 12.4. The van der Waals surface area contributed by atoms with E-state index in [1.165, 1.54) is 7.11 Å². The third-order valence-electron chi connectivity index (χ3n) is 3.47. The number of carbonyl (C=O) groups excluding carboxylic acids is 1. The Balaban J connectivity index is 1.98. The highest BCUT2D eigenvalue weighted by Gasteiger charge is 2.14. The van der Waals surface area contributed by atoms with Crippen molar-refractivity contribution >= 4 is 22.5 Å². The van der Waals surface area contributed by atoms with Gasteiger partial charge in [-0.1, -0.05) is 29.8 Å². The molecule has 1 amide bonds. The Morgan fingerprint density at radius 3 is 2.74 bits per heavy atom. The lowest BCUT2D eigenvalue weighted by atomic mass is 10.1. The SMILES string of the molecule is COc1cccc2c(N=NC(=O)c3cccc(C)c3)c(O)[nH]c12. The number of aromatic amines is 1. The monoisotopic (exact) mass is 309 g/mol. The van der Waals surface area contributed by atoms with E-state index in [2.05, 4.69) is 15.2 Å². The Labute approximate surface area is 132 Å². The number of rotatable bonds is 3. The predicted octanol–water partition coefficient (Wildman–Crippen LogP) is 4.11. The van der Waals surface area contributed by atoms with Crippen LogP contribution in [0.4, 0.5) is 5.69 Å². The molecule has 2 N–H and O–H groups in total. The average Bonchev–Trinajstić information content (AvgIpc) is 2.88. The molecule has 23 heavy (non-hydrogen) atoms. The first-order chi connectivity index (χ1) is 11.1. The number of fused-ring (bicyclic) bond motifs is 1. The molecule has 0 radical (unpaired) electrons. The van der Waals surface area contributed by atoms with E-state index in [0.717, 1.165) is 5.56 Å². The van der Waals surface area contributed by atoms with Gasteiger partial charge in [0.1, 0.15) is 5.75 Å². The van der Waals surface area contributed by atoms with Crippen LogP contribution < -0.4 is 4.74 Å². The minimum absolute atomic E-state index is 0.162. The Kier molecular flexibility index (Phi) is 3.80. The number of nitrogens with one attached hydrogen (secondary N) is 1. The minimum atomic E-state index is -0.467. The van der Waals surface area contributed by atoms with Crippen molar-refractivity contribution in [2.45, 2.75) is 6.92 Å². The number of benzene rings is 2. The molecule has 0 unspecified atom stereocenters. The number of ether oxygens (including phenoxy) is 1. The lowest BCUT2D eigenvalue weighted by Crippen LogP contribution is -1.93. The average molecular weight is 309 g/mol. The third-order valence-corrected chi connectivity index (χ3v) is 3.47. The molecule has 0 saturated carbocycles. The van der Waals surface area contributed by atoms with E-state index in [-0.39, 0.29) is 11.6 Å². The molecule has 3 rings (SSSR count). The molecule has 6 nitrogen and oxygen atoms in total. The van der Waals surface area contributed by atoms with Crippen molar-refractivity contribution in [3.05, 3.63) is 53.6 Å². The van der Waals surface area contributed by atoms with Gasteiger partial charge in [-0.25, -0.2) is 0 Å². The molecule has 0 aliphatic carbocycles. The van der Waals surface area contributed by atoms with Crippen LogP contribution in [-0.4, -0.2) is 23.1 Å². The summed E-state index contributed by atoms with van der Waals surface area (Å²) in [6.45, 7) is 1.89. The molecular weight excluding hydrogens is 294 g/mol. The number of hydrogen-bond donors (Lipinski definition) is 2. The molecule has 1 aromatic heterocycles. The van der Waals surface area contributed by atoms with Gasteiger partial charge in [-0.15, -0.1) is 10.2 Å². The van der Waals surface area contributed by atoms with Gasteiger partial charge in [0.2, 0.25) is 5.88 Å². The predicted molar refractivity (Wildman–Crippen MR) is 86.5 cm³/mol. The van der Waals surface area contributed by atoms with Crippen LogP contribution in [0.3, 0.4) is 0 Å². The first-order valence-corrected chi connectivity index (χ1v) is 7.00. The lowest BCUT2D eigenvalue weighted by Gasteiger charge is -1.99. The van der Waals surface area contributed by atoms with Gasteiger partial charge < -0.3 is 14.8 Å². The summed E-state index contributed by atoms with van der Waals surface area (Å²) in [5.74, 6) is -0.0556. The van der Waals surface area contributed by atoms with Crippen LogP contribution >= 0.6 is 0 Å². The summed E-state index contributed by atoms with van der Waals surface area (Å²) >= 11 is 0. The molecule has 0 spiro atoms. The fourth-order valence-corrected chi connectivity index (χ4v) is 2.37. The van der Waals surface area contributed by atoms with E-state index in [9.17, 15) is 9.90 Å². The van der Waals surface area contributed by atoms with Gasteiger partial charge in [-0.3, -0.25) is 4.79 Å². The Morgan fingerprint density at radius 1 is 1.22 bits per heavy atom. The second-order valence-corrected chi connectivity index (χ2v) is 5.08. The van der Waals surface area contributed by atoms with Crippen molar-refractivity contribution in [2.75, 3.05) is 7.11 Å². The van der Waals surface area contributed by atoms with E-state index < -0.39 is 5.91 Å². The van der Waals surface area contributed by atoms with Crippen molar-refractivity contribution in [2.24, 2.45) is 10.2 Å². The largest absolute Gasteiger partial charge is 0.495 e. The molecule has 0 aliphatic rings. The van der Waals surface area contributed by atoms with Crippen LogP contribution in [0, 0.1) is 6.92 Å². The molecule has 0 fully saturated rings. The van der Waals surface area contributed by atoms with E-state index in [4.69, 9.17) is 4.74 Å². The second-order valence-electron chi connectivity index (χ2n) is 5.08. The lowest BCUT2D eigenvalue weighted by molar-refractivity contribution is 0.0995. The van der Waals surface area contributed by atoms with Crippen molar-refractivity contribution in [1.82, 2.24) is 4.98 Å². The molecule has 2 aromatic carbocycles. The van der Waals surface area contributed by atoms with Gasteiger partial charge >= 0.3 is 0 Å². The normalized spacial score (nSPS) is 11.2. The summed E-state index contributed by atoms with van der Waals surface area (Å²) in [7, 11) is 1.54. The summed E-state index contributed by atoms with van der Waals surface area (Å²) in [4.78, 5) is 14.9. The molecule has 0 saturated heterocycles. The maximum atomic E-state index is 12.1. The first-order valence-electron chi connectivity index (χ1n) is 7.00. The summed E-state index contributed by atoms with van der Waals surface area (Å²) < 4.78 is 5.22. The Bertz CT molecular complexity index is 913. The van der Waals surface area contributed by atoms with Gasteiger partial charge in [-0.2, -0.15) is 0 Å². The van der Waals surface area contributed by atoms with Crippen molar-refractivity contribution in [3.63, 3.8) is 0 Å². The molecule has 1 heterocycles. The zero-order valence-corrected chi connectivity index (χ0v) is 12.7. The van der Waals surface area contributed by atoms with E-state index in [1.54, 1.807) is 36.4 Å². The van der Waals surface area contributed by atoms with Crippen LogP contribution in [0.1, 0.15) is 15.9 Å². The van der Waals surface area contributed by atoms with Crippen molar-refractivity contribution in [3.8, 4) is 11.6 Å². The third kappa shape index (κ3) is 2.78. The number of carbonyl (C=O) groups is 1. The zero-order valence-electron chi connectivity index (χ0n) is 12.7. The number of methoxy groups -OCH3 is 1. The standard InChI is InChI=1S/C17H15N3O3/c1-10-5-3-6-11(9-10)16(21)20-19-15-12-7-4-8-13(23-2)14(12)18-17(15)22/h3-9,18,22H,1-2H3. The van der Waals surface area contributed by atoms with Gasteiger partial charge in [0, 0.05) is 10.9 Å². The van der Waals surface area contributed by atoms with E-state index in [1.807, 2.05) is 13.0 Å². The van der Waals surface area contributed by atoms with Crippen LogP contribution in [0.5, 0.6) is 11.6 Å². The number of para-hydroxylation sites is 1. The fraction of sp³-hybridized carbons (Fsp3) is 0.118. The van der Waals surface area contributed by atoms with Crippen LogP contribution in [0.2, 0.25) is 0 Å². The molecule has 3 aromatic rings. The van der Waals surface area contributed by atoms with Gasteiger partial charge in [0.05, 0.1) is 12.6 Å². The van der Waals surface area contributed by atoms with Gasteiger partial charge in [0.25, 0.3) is 5.91 Å².